The van der Waals surface area contributed by atoms with Gasteiger partial charge in [0.15, 0.2) is 0 Å². The second kappa shape index (κ2) is 20.7. The highest BCUT2D eigenvalue weighted by Gasteiger charge is 2.09. The fourth-order valence-corrected chi connectivity index (χ4v) is 3.29. The van der Waals surface area contributed by atoms with Crippen LogP contribution in [0.4, 0.5) is 0 Å². The molecule has 0 fully saturated rings. The molecule has 3 heteroatoms. The number of carbonyl (C=O) groups excluding carboxylic acids is 1. The molecule has 156 valence electrons. The molecular weight excluding hydrogens is 324 g/mol. The van der Waals surface area contributed by atoms with Crippen LogP contribution in [0.15, 0.2) is 0 Å². The first-order chi connectivity index (χ1) is 12.7. The van der Waals surface area contributed by atoms with Crippen LogP contribution in [0.1, 0.15) is 136 Å². The molecule has 0 aromatic rings. The van der Waals surface area contributed by atoms with Gasteiger partial charge in [0.1, 0.15) is 0 Å². The van der Waals surface area contributed by atoms with Gasteiger partial charge in [-0.3, -0.25) is 4.79 Å². The van der Waals surface area contributed by atoms with Gasteiger partial charge in [-0.25, -0.2) is 0 Å². The predicted octanol–water partition coefficient (Wildman–Crippen LogP) is 7.30. The number of ether oxygens (including phenoxy) is 1. The van der Waals surface area contributed by atoms with Crippen molar-refractivity contribution >= 4 is 5.97 Å². The second-order valence-corrected chi connectivity index (χ2v) is 7.79. The molecule has 0 aliphatic heterocycles. The van der Waals surface area contributed by atoms with Gasteiger partial charge in [-0.1, -0.05) is 110 Å². The summed E-state index contributed by atoms with van der Waals surface area (Å²) in [6.45, 7) is 4.33. The summed E-state index contributed by atoms with van der Waals surface area (Å²) < 4.78 is 4.99. The van der Waals surface area contributed by atoms with Gasteiger partial charge in [-0.15, -0.1) is 0 Å². The normalized spacial score (nSPS) is 12.3. The SMILES string of the molecule is CCCCCCCCCCCCCCCCCC(=O)OC(O)CCCC. The Labute approximate surface area is 163 Å². The van der Waals surface area contributed by atoms with Crippen LogP contribution >= 0.6 is 0 Å². The quantitative estimate of drug-likeness (QED) is 0.139. The molecule has 0 bridgehead atoms. The number of esters is 1. The van der Waals surface area contributed by atoms with E-state index in [1.54, 1.807) is 0 Å². The third-order valence-electron chi connectivity index (χ3n) is 5.06. The minimum absolute atomic E-state index is 0.247. The van der Waals surface area contributed by atoms with Crippen molar-refractivity contribution in [3.8, 4) is 0 Å². The number of unbranched alkanes of at least 4 members (excludes halogenated alkanes) is 15. The van der Waals surface area contributed by atoms with Crippen LogP contribution in [0.5, 0.6) is 0 Å². The van der Waals surface area contributed by atoms with Crippen LogP contribution < -0.4 is 0 Å². The standard InChI is InChI=1S/C23H46O3/c1-3-5-7-8-9-10-11-12-13-14-15-16-17-18-19-21-23(25)26-22(24)20-6-4-2/h22,24H,3-21H2,1-2H3. The number of aliphatic hydroxyl groups excluding tert-OH is 1. The predicted molar refractivity (Wildman–Crippen MR) is 111 cm³/mol. The molecule has 0 saturated carbocycles. The number of aliphatic hydroxyl groups is 1. The molecule has 0 heterocycles. The van der Waals surface area contributed by atoms with E-state index in [2.05, 4.69) is 13.8 Å². The van der Waals surface area contributed by atoms with Gasteiger partial charge in [0, 0.05) is 12.8 Å². The van der Waals surface area contributed by atoms with Crippen molar-refractivity contribution < 1.29 is 14.6 Å². The van der Waals surface area contributed by atoms with Gasteiger partial charge >= 0.3 is 5.97 Å². The van der Waals surface area contributed by atoms with Crippen molar-refractivity contribution in [2.75, 3.05) is 0 Å². The zero-order valence-electron chi connectivity index (χ0n) is 17.8. The third kappa shape index (κ3) is 19.8. The van der Waals surface area contributed by atoms with Crippen LogP contribution in [-0.4, -0.2) is 17.4 Å². The van der Waals surface area contributed by atoms with Crippen molar-refractivity contribution in [1.29, 1.82) is 0 Å². The van der Waals surface area contributed by atoms with Gasteiger partial charge in [0.2, 0.25) is 6.29 Å². The van der Waals surface area contributed by atoms with E-state index in [9.17, 15) is 9.90 Å². The fraction of sp³-hybridized carbons (Fsp3) is 0.957. The average Bonchev–Trinajstić information content (AvgIpc) is 2.63. The average molecular weight is 371 g/mol. The number of hydrogen-bond acceptors (Lipinski definition) is 3. The van der Waals surface area contributed by atoms with E-state index >= 15 is 0 Å². The molecule has 26 heavy (non-hydrogen) atoms. The van der Waals surface area contributed by atoms with E-state index in [1.807, 2.05) is 0 Å². The van der Waals surface area contributed by atoms with E-state index in [1.165, 1.54) is 83.5 Å². The largest absolute Gasteiger partial charge is 0.436 e. The second-order valence-electron chi connectivity index (χ2n) is 7.79. The molecule has 0 saturated heterocycles. The van der Waals surface area contributed by atoms with Gasteiger partial charge < -0.3 is 9.84 Å². The van der Waals surface area contributed by atoms with Crippen LogP contribution in [0.2, 0.25) is 0 Å². The van der Waals surface area contributed by atoms with Gasteiger partial charge in [-0.05, 0) is 12.8 Å². The Morgan fingerprint density at radius 2 is 1.04 bits per heavy atom. The van der Waals surface area contributed by atoms with Gasteiger partial charge in [0.25, 0.3) is 0 Å². The van der Waals surface area contributed by atoms with Crippen LogP contribution in [0.25, 0.3) is 0 Å². The Morgan fingerprint density at radius 3 is 1.46 bits per heavy atom. The molecule has 0 aromatic carbocycles. The minimum atomic E-state index is -0.904. The molecule has 1 unspecified atom stereocenters. The number of carbonyl (C=O) groups is 1. The first-order valence-corrected chi connectivity index (χ1v) is 11.6. The fourth-order valence-electron chi connectivity index (χ4n) is 3.29. The van der Waals surface area contributed by atoms with Crippen molar-refractivity contribution in [3.63, 3.8) is 0 Å². The Balaban J connectivity index is 3.18. The van der Waals surface area contributed by atoms with Crippen molar-refractivity contribution in [2.24, 2.45) is 0 Å². The molecule has 0 aliphatic rings. The van der Waals surface area contributed by atoms with Crippen molar-refractivity contribution in [1.82, 2.24) is 0 Å². The summed E-state index contributed by atoms with van der Waals surface area (Å²) in [5, 5.41) is 9.53. The first-order valence-electron chi connectivity index (χ1n) is 11.6. The van der Waals surface area contributed by atoms with Gasteiger partial charge in [-0.2, -0.15) is 0 Å². The van der Waals surface area contributed by atoms with E-state index in [4.69, 9.17) is 4.74 Å². The molecule has 0 rings (SSSR count). The summed E-state index contributed by atoms with van der Waals surface area (Å²) in [5.41, 5.74) is 0. The molecule has 0 amide bonds. The van der Waals surface area contributed by atoms with E-state index in [-0.39, 0.29) is 5.97 Å². The Kier molecular flexibility index (Phi) is 20.3. The summed E-state index contributed by atoms with van der Waals surface area (Å²) in [5.74, 6) is -0.247. The highest BCUT2D eigenvalue weighted by molar-refractivity contribution is 5.69. The monoisotopic (exact) mass is 370 g/mol. The number of rotatable bonds is 20. The third-order valence-corrected chi connectivity index (χ3v) is 5.06. The summed E-state index contributed by atoms with van der Waals surface area (Å²) in [4.78, 5) is 11.6. The van der Waals surface area contributed by atoms with Crippen molar-refractivity contribution in [3.05, 3.63) is 0 Å². The molecule has 0 spiro atoms. The molecule has 1 N–H and O–H groups in total. The molecule has 0 aromatic heterocycles. The Morgan fingerprint density at radius 1 is 0.654 bits per heavy atom. The lowest BCUT2D eigenvalue weighted by Crippen LogP contribution is -2.17. The smallest absolute Gasteiger partial charge is 0.308 e. The van der Waals surface area contributed by atoms with Crippen molar-refractivity contribution in [2.45, 2.75) is 142 Å². The lowest BCUT2D eigenvalue weighted by atomic mass is 10.0. The molecule has 3 nitrogen and oxygen atoms in total. The lowest BCUT2D eigenvalue weighted by Gasteiger charge is -2.11. The Bertz CT molecular complexity index is 291. The maximum atomic E-state index is 11.6. The highest BCUT2D eigenvalue weighted by Crippen LogP contribution is 2.14. The van der Waals surface area contributed by atoms with E-state index < -0.39 is 6.29 Å². The van der Waals surface area contributed by atoms with Gasteiger partial charge in [0.05, 0.1) is 0 Å². The number of hydrogen-bond donors (Lipinski definition) is 1. The molecule has 0 aliphatic carbocycles. The zero-order chi connectivity index (χ0) is 19.3. The zero-order valence-corrected chi connectivity index (χ0v) is 17.8. The summed E-state index contributed by atoms with van der Waals surface area (Å²) in [6, 6.07) is 0. The first kappa shape index (κ1) is 25.4. The summed E-state index contributed by atoms with van der Waals surface area (Å²) >= 11 is 0. The highest BCUT2D eigenvalue weighted by atomic mass is 16.6. The maximum absolute atomic E-state index is 11.6. The van der Waals surface area contributed by atoms with Crippen LogP contribution in [0.3, 0.4) is 0 Å². The van der Waals surface area contributed by atoms with E-state index in [0.717, 1.165) is 25.7 Å². The summed E-state index contributed by atoms with van der Waals surface area (Å²) in [6.07, 6.45) is 21.8. The molecule has 1 atom stereocenters. The van der Waals surface area contributed by atoms with Crippen LogP contribution in [0, 0.1) is 0 Å². The van der Waals surface area contributed by atoms with E-state index in [0.29, 0.717) is 12.8 Å². The minimum Gasteiger partial charge on any atom is -0.436 e. The lowest BCUT2D eigenvalue weighted by molar-refractivity contribution is -0.168. The summed E-state index contributed by atoms with van der Waals surface area (Å²) in [7, 11) is 0. The topological polar surface area (TPSA) is 46.5 Å². The van der Waals surface area contributed by atoms with Crippen LogP contribution in [-0.2, 0) is 9.53 Å². The maximum Gasteiger partial charge on any atom is 0.308 e. The molecular formula is C23H46O3. The Hall–Kier alpha value is -0.570. The molecule has 0 radical (unpaired) electrons.